The van der Waals surface area contributed by atoms with Gasteiger partial charge in [0.2, 0.25) is 0 Å². The van der Waals surface area contributed by atoms with Crippen LogP contribution in [0.15, 0.2) is 39.5 Å². The highest BCUT2D eigenvalue weighted by Crippen LogP contribution is 2.36. The smallest absolute Gasteiger partial charge is 0.0602 e. The minimum atomic E-state index is 0.363. The Kier molecular flexibility index (Phi) is 2.39. The van der Waals surface area contributed by atoms with E-state index in [0.717, 1.165) is 6.54 Å². The number of nitrogens with one attached hydrogen (secondary N) is 1. The molecule has 2 aromatic rings. The van der Waals surface area contributed by atoms with E-state index in [1.807, 2.05) is 0 Å². The number of thiophene rings is 1. The molecule has 0 saturated heterocycles. The quantitative estimate of drug-likeness (QED) is 0.839. The van der Waals surface area contributed by atoms with Crippen LogP contribution in [0.3, 0.4) is 0 Å². The van der Waals surface area contributed by atoms with E-state index >= 15 is 0 Å². The summed E-state index contributed by atoms with van der Waals surface area (Å²) in [6.45, 7) is 0.975. The zero-order valence-corrected chi connectivity index (χ0v) is 10.4. The van der Waals surface area contributed by atoms with Gasteiger partial charge in [-0.25, -0.2) is 0 Å². The molecule has 0 fully saturated rings. The molecule has 1 aliphatic heterocycles. The summed E-state index contributed by atoms with van der Waals surface area (Å²) in [7, 11) is 0. The molecule has 1 atom stereocenters. The molecular weight excluding hydrogens is 270 g/mol. The highest BCUT2D eigenvalue weighted by Gasteiger charge is 2.24. The fourth-order valence-electron chi connectivity index (χ4n) is 2.07. The molecular formula is C12H10BrNS. The van der Waals surface area contributed by atoms with E-state index in [4.69, 9.17) is 0 Å². The van der Waals surface area contributed by atoms with E-state index in [0.29, 0.717) is 6.04 Å². The third-order valence-electron chi connectivity index (χ3n) is 2.82. The number of fused-ring (bicyclic) bond motifs is 1. The molecule has 0 radical (unpaired) electrons. The van der Waals surface area contributed by atoms with E-state index in [9.17, 15) is 0 Å². The van der Waals surface area contributed by atoms with Crippen LogP contribution in [0.5, 0.6) is 0 Å². The Labute approximate surface area is 101 Å². The summed E-state index contributed by atoms with van der Waals surface area (Å²) in [5.74, 6) is 0. The Morgan fingerprint density at radius 1 is 1.20 bits per heavy atom. The van der Waals surface area contributed by atoms with Gasteiger partial charge in [-0.2, -0.15) is 11.3 Å². The van der Waals surface area contributed by atoms with Crippen molar-refractivity contribution in [2.24, 2.45) is 0 Å². The Hall–Kier alpha value is -0.640. The van der Waals surface area contributed by atoms with Crippen molar-refractivity contribution in [1.29, 1.82) is 0 Å². The maximum atomic E-state index is 3.60. The largest absolute Gasteiger partial charge is 0.302 e. The first kappa shape index (κ1) is 9.58. The summed E-state index contributed by atoms with van der Waals surface area (Å²) >= 11 is 5.34. The van der Waals surface area contributed by atoms with Crippen molar-refractivity contribution in [3.8, 4) is 0 Å². The topological polar surface area (TPSA) is 12.0 Å². The molecule has 0 amide bonds. The molecule has 1 aliphatic rings. The van der Waals surface area contributed by atoms with Crippen molar-refractivity contribution in [1.82, 2.24) is 5.32 Å². The minimum absolute atomic E-state index is 0.363. The van der Waals surface area contributed by atoms with Crippen LogP contribution in [0, 0.1) is 0 Å². The molecule has 1 N–H and O–H groups in total. The monoisotopic (exact) mass is 279 g/mol. The number of benzene rings is 1. The SMILES string of the molecule is Brc1cscc1C1NCc2ccccc21. The first-order valence-corrected chi connectivity index (χ1v) is 6.62. The summed E-state index contributed by atoms with van der Waals surface area (Å²) in [4.78, 5) is 0. The van der Waals surface area contributed by atoms with Gasteiger partial charge in [0.1, 0.15) is 0 Å². The van der Waals surface area contributed by atoms with Crippen LogP contribution in [0.25, 0.3) is 0 Å². The average Bonchev–Trinajstić information content (AvgIpc) is 2.83. The molecule has 15 heavy (non-hydrogen) atoms. The molecule has 0 aliphatic carbocycles. The molecule has 0 spiro atoms. The van der Waals surface area contributed by atoms with Crippen LogP contribution in [-0.2, 0) is 6.54 Å². The molecule has 1 aromatic heterocycles. The molecule has 3 rings (SSSR count). The van der Waals surface area contributed by atoms with E-state index in [1.54, 1.807) is 11.3 Å². The van der Waals surface area contributed by atoms with E-state index < -0.39 is 0 Å². The van der Waals surface area contributed by atoms with Gasteiger partial charge < -0.3 is 5.32 Å². The predicted octanol–water partition coefficient (Wildman–Crippen LogP) is 3.70. The second-order valence-corrected chi connectivity index (χ2v) is 5.29. The van der Waals surface area contributed by atoms with Gasteiger partial charge in [-0.1, -0.05) is 24.3 Å². The van der Waals surface area contributed by atoms with E-state index in [-0.39, 0.29) is 0 Å². The zero-order valence-electron chi connectivity index (χ0n) is 8.03. The van der Waals surface area contributed by atoms with Gasteiger partial charge in [0, 0.05) is 16.4 Å². The van der Waals surface area contributed by atoms with Crippen LogP contribution in [0.4, 0.5) is 0 Å². The summed E-state index contributed by atoms with van der Waals surface area (Å²) in [5.41, 5.74) is 4.18. The lowest BCUT2D eigenvalue weighted by atomic mass is 10.0. The van der Waals surface area contributed by atoms with Gasteiger partial charge in [0.25, 0.3) is 0 Å². The predicted molar refractivity (Wildman–Crippen MR) is 67.1 cm³/mol. The first-order chi connectivity index (χ1) is 7.36. The van der Waals surface area contributed by atoms with Crippen LogP contribution < -0.4 is 5.32 Å². The van der Waals surface area contributed by atoms with Crippen molar-refractivity contribution >= 4 is 27.3 Å². The lowest BCUT2D eigenvalue weighted by Gasteiger charge is -2.11. The van der Waals surface area contributed by atoms with Crippen molar-refractivity contribution in [3.63, 3.8) is 0 Å². The third kappa shape index (κ3) is 1.55. The lowest BCUT2D eigenvalue weighted by molar-refractivity contribution is 0.667. The summed E-state index contributed by atoms with van der Waals surface area (Å²) in [5, 5.41) is 7.89. The normalized spacial score (nSPS) is 19.1. The first-order valence-electron chi connectivity index (χ1n) is 4.89. The van der Waals surface area contributed by atoms with Crippen molar-refractivity contribution in [3.05, 3.63) is 56.2 Å². The van der Waals surface area contributed by atoms with Gasteiger partial charge in [-0.15, -0.1) is 0 Å². The zero-order chi connectivity index (χ0) is 10.3. The Morgan fingerprint density at radius 3 is 2.87 bits per heavy atom. The molecule has 1 aromatic carbocycles. The highest BCUT2D eigenvalue weighted by molar-refractivity contribution is 9.10. The van der Waals surface area contributed by atoms with Crippen molar-refractivity contribution in [2.75, 3.05) is 0 Å². The maximum Gasteiger partial charge on any atom is 0.0602 e. The van der Waals surface area contributed by atoms with Crippen LogP contribution >= 0.6 is 27.3 Å². The molecule has 0 bridgehead atoms. The maximum absolute atomic E-state index is 3.60. The van der Waals surface area contributed by atoms with Gasteiger partial charge in [-0.3, -0.25) is 0 Å². The standard InChI is InChI=1S/C12H10BrNS/c13-11-7-15-6-10(11)12-9-4-2-1-3-8(9)5-14-12/h1-4,6-7,12,14H,5H2. The van der Waals surface area contributed by atoms with Crippen molar-refractivity contribution < 1.29 is 0 Å². The minimum Gasteiger partial charge on any atom is -0.302 e. The Morgan fingerprint density at radius 2 is 2.07 bits per heavy atom. The summed E-state index contributed by atoms with van der Waals surface area (Å²) in [6, 6.07) is 8.99. The molecule has 3 heteroatoms. The molecule has 0 saturated carbocycles. The van der Waals surface area contributed by atoms with Crippen LogP contribution in [0.2, 0.25) is 0 Å². The van der Waals surface area contributed by atoms with Crippen LogP contribution in [-0.4, -0.2) is 0 Å². The molecule has 76 valence electrons. The average molecular weight is 280 g/mol. The second kappa shape index (κ2) is 3.74. The Bertz CT molecular complexity index is 492. The third-order valence-corrected chi connectivity index (χ3v) is 4.57. The lowest BCUT2D eigenvalue weighted by Crippen LogP contribution is -2.12. The van der Waals surface area contributed by atoms with Crippen molar-refractivity contribution in [2.45, 2.75) is 12.6 Å². The molecule has 1 unspecified atom stereocenters. The van der Waals surface area contributed by atoms with Crippen LogP contribution in [0.1, 0.15) is 22.7 Å². The molecule has 2 heterocycles. The van der Waals surface area contributed by atoms with Gasteiger partial charge in [0.05, 0.1) is 6.04 Å². The van der Waals surface area contributed by atoms with Gasteiger partial charge in [-0.05, 0) is 38.0 Å². The summed E-state index contributed by atoms with van der Waals surface area (Å²) < 4.78 is 1.21. The van der Waals surface area contributed by atoms with E-state index in [1.165, 1.54) is 21.2 Å². The number of hydrogen-bond donors (Lipinski definition) is 1. The molecule has 1 nitrogen and oxygen atoms in total. The van der Waals surface area contributed by atoms with E-state index in [2.05, 4.69) is 56.3 Å². The highest BCUT2D eigenvalue weighted by atomic mass is 79.9. The number of rotatable bonds is 1. The van der Waals surface area contributed by atoms with Gasteiger partial charge in [0.15, 0.2) is 0 Å². The summed E-state index contributed by atoms with van der Waals surface area (Å²) in [6.07, 6.45) is 0. The second-order valence-electron chi connectivity index (χ2n) is 3.69. The number of hydrogen-bond acceptors (Lipinski definition) is 2. The Balaban J connectivity index is 2.08. The number of halogens is 1. The fraction of sp³-hybridized carbons (Fsp3) is 0.167. The van der Waals surface area contributed by atoms with Gasteiger partial charge >= 0.3 is 0 Å². The fourth-order valence-corrected chi connectivity index (χ4v) is 3.63.